The van der Waals surface area contributed by atoms with E-state index < -0.39 is 0 Å². The summed E-state index contributed by atoms with van der Waals surface area (Å²) in [5.74, 6) is 0.979. The summed E-state index contributed by atoms with van der Waals surface area (Å²) >= 11 is 1.91. The van der Waals surface area contributed by atoms with Crippen LogP contribution in [0.2, 0.25) is 0 Å². The van der Waals surface area contributed by atoms with Crippen LogP contribution in [0.3, 0.4) is 0 Å². The Morgan fingerprint density at radius 2 is 1.12 bits per heavy atom. The molecular weight excluding hydrogens is 408 g/mol. The van der Waals surface area contributed by atoms with Crippen molar-refractivity contribution in [3.63, 3.8) is 0 Å². The van der Waals surface area contributed by atoms with Crippen LogP contribution < -0.4 is 4.74 Å². The zero-order valence-electron chi connectivity index (χ0n) is 20.1. The molecule has 32 heavy (non-hydrogen) atoms. The Morgan fingerprint density at radius 1 is 0.562 bits per heavy atom. The Hall–Kier alpha value is -2.06. The van der Waals surface area contributed by atoms with Gasteiger partial charge < -0.3 is 4.74 Å². The Morgan fingerprint density at radius 3 is 1.75 bits per heavy atom. The highest BCUT2D eigenvalue weighted by atomic mass is 32.1. The molecule has 3 aromatic rings. The van der Waals surface area contributed by atoms with Gasteiger partial charge in [0, 0.05) is 9.75 Å². The van der Waals surface area contributed by atoms with Crippen molar-refractivity contribution >= 4 is 11.3 Å². The minimum atomic E-state index is 0.824. The van der Waals surface area contributed by atoms with Crippen LogP contribution in [0, 0.1) is 0 Å². The van der Waals surface area contributed by atoms with Crippen LogP contribution in [0.5, 0.6) is 5.75 Å². The van der Waals surface area contributed by atoms with E-state index in [2.05, 4.69) is 74.5 Å². The molecule has 172 valence electrons. The maximum Gasteiger partial charge on any atom is 0.119 e. The molecule has 0 radical (unpaired) electrons. The molecule has 1 aromatic heterocycles. The van der Waals surface area contributed by atoms with E-state index in [1.54, 1.807) is 0 Å². The minimum Gasteiger partial charge on any atom is -0.494 e. The topological polar surface area (TPSA) is 9.23 Å². The third-order valence-electron chi connectivity index (χ3n) is 6.03. The maximum atomic E-state index is 5.96. The molecule has 0 amide bonds. The predicted octanol–water partition coefficient (Wildman–Crippen LogP) is 9.94. The molecule has 0 saturated carbocycles. The van der Waals surface area contributed by atoms with Crippen LogP contribution >= 0.6 is 11.3 Å². The number of hydrogen-bond donors (Lipinski definition) is 0. The van der Waals surface area contributed by atoms with Gasteiger partial charge in [0.1, 0.15) is 5.75 Å². The van der Waals surface area contributed by atoms with Gasteiger partial charge in [0.15, 0.2) is 0 Å². The van der Waals surface area contributed by atoms with Crippen molar-refractivity contribution in [3.05, 3.63) is 65.5 Å². The molecule has 0 aliphatic carbocycles. The van der Waals surface area contributed by atoms with E-state index in [-0.39, 0.29) is 0 Å². The smallest absolute Gasteiger partial charge is 0.119 e. The lowest BCUT2D eigenvalue weighted by molar-refractivity contribution is 0.304. The van der Waals surface area contributed by atoms with Gasteiger partial charge in [0.2, 0.25) is 0 Å². The molecule has 0 N–H and O–H groups in total. The van der Waals surface area contributed by atoms with Gasteiger partial charge in [-0.05, 0) is 53.8 Å². The highest BCUT2D eigenvalue weighted by molar-refractivity contribution is 7.15. The number of thiophene rings is 1. The summed E-state index contributed by atoms with van der Waals surface area (Å²) in [6.45, 7) is 5.34. The Labute approximate surface area is 199 Å². The van der Waals surface area contributed by atoms with Crippen molar-refractivity contribution in [1.82, 2.24) is 0 Å². The third kappa shape index (κ3) is 8.13. The summed E-state index contributed by atoms with van der Waals surface area (Å²) < 4.78 is 5.96. The number of ether oxygens (including phenoxy) is 1. The van der Waals surface area contributed by atoms with Crippen LogP contribution in [-0.4, -0.2) is 6.61 Å². The summed E-state index contributed by atoms with van der Waals surface area (Å²) in [7, 11) is 0. The van der Waals surface area contributed by atoms with Crippen LogP contribution in [0.25, 0.3) is 21.6 Å². The highest BCUT2D eigenvalue weighted by Crippen LogP contribution is 2.31. The van der Waals surface area contributed by atoms with Gasteiger partial charge in [-0.3, -0.25) is 0 Å². The molecule has 1 heterocycles. The van der Waals surface area contributed by atoms with Crippen LogP contribution in [0.4, 0.5) is 0 Å². The molecule has 0 fully saturated rings. The van der Waals surface area contributed by atoms with Crippen molar-refractivity contribution in [2.24, 2.45) is 0 Å². The SMILES string of the molecule is CCCCCCCCCCCOc1ccc(-c2ccc(-c3ccc(CCC)s3)cc2)cc1. The molecule has 0 bridgehead atoms. The van der Waals surface area contributed by atoms with Gasteiger partial charge in [-0.2, -0.15) is 0 Å². The summed E-state index contributed by atoms with van der Waals surface area (Å²) in [6.07, 6.45) is 14.5. The van der Waals surface area contributed by atoms with Crippen molar-refractivity contribution in [2.75, 3.05) is 6.61 Å². The molecule has 0 spiro atoms. The highest BCUT2D eigenvalue weighted by Gasteiger charge is 2.04. The molecule has 2 aromatic carbocycles. The fourth-order valence-electron chi connectivity index (χ4n) is 4.09. The molecule has 0 saturated heterocycles. The molecule has 1 nitrogen and oxygen atoms in total. The largest absolute Gasteiger partial charge is 0.494 e. The predicted molar refractivity (Wildman–Crippen MR) is 142 cm³/mol. The van der Waals surface area contributed by atoms with Gasteiger partial charge in [0.25, 0.3) is 0 Å². The van der Waals surface area contributed by atoms with E-state index in [9.17, 15) is 0 Å². The van der Waals surface area contributed by atoms with Crippen LogP contribution in [0.15, 0.2) is 60.7 Å². The van der Waals surface area contributed by atoms with Gasteiger partial charge in [-0.15, -0.1) is 11.3 Å². The van der Waals surface area contributed by atoms with E-state index in [0.29, 0.717) is 0 Å². The first-order valence-electron chi connectivity index (χ1n) is 12.7. The Bertz CT molecular complexity index is 876. The van der Waals surface area contributed by atoms with Gasteiger partial charge in [-0.1, -0.05) is 108 Å². The second kappa shape index (κ2) is 14.2. The van der Waals surface area contributed by atoms with E-state index in [0.717, 1.165) is 18.8 Å². The van der Waals surface area contributed by atoms with Crippen molar-refractivity contribution in [2.45, 2.75) is 84.5 Å². The van der Waals surface area contributed by atoms with E-state index >= 15 is 0 Å². The zero-order valence-corrected chi connectivity index (χ0v) is 20.9. The maximum absolute atomic E-state index is 5.96. The standard InChI is InChI=1S/C30H40OS/c1-3-5-6-7-8-9-10-11-12-24-31-28-20-18-26(19-21-28)25-14-16-27(17-15-25)30-23-22-29(32-30)13-4-2/h14-23H,3-13,24H2,1-2H3. The number of hydrogen-bond acceptors (Lipinski definition) is 2. The average molecular weight is 449 g/mol. The molecule has 0 aliphatic rings. The molecule has 3 rings (SSSR count). The summed E-state index contributed by atoms with van der Waals surface area (Å²) in [5.41, 5.74) is 3.80. The van der Waals surface area contributed by atoms with Crippen LogP contribution in [0.1, 0.15) is 82.9 Å². The van der Waals surface area contributed by atoms with Gasteiger partial charge in [0.05, 0.1) is 6.61 Å². The van der Waals surface area contributed by atoms with E-state index in [1.807, 2.05) is 11.3 Å². The number of unbranched alkanes of at least 4 members (excludes halogenated alkanes) is 8. The van der Waals surface area contributed by atoms with Gasteiger partial charge >= 0.3 is 0 Å². The minimum absolute atomic E-state index is 0.824. The Kier molecular flexibility index (Phi) is 10.9. The van der Waals surface area contributed by atoms with E-state index in [1.165, 1.54) is 90.7 Å². The first-order valence-corrected chi connectivity index (χ1v) is 13.5. The lowest BCUT2D eigenvalue weighted by Gasteiger charge is -2.08. The molecule has 2 heteroatoms. The first kappa shape index (κ1) is 24.6. The second-order valence-corrected chi connectivity index (χ2v) is 9.96. The van der Waals surface area contributed by atoms with Crippen molar-refractivity contribution in [1.29, 1.82) is 0 Å². The molecule has 0 unspecified atom stereocenters. The normalized spacial score (nSPS) is 11.1. The molecule has 0 aliphatic heterocycles. The summed E-state index contributed by atoms with van der Waals surface area (Å²) in [5, 5.41) is 0. The average Bonchev–Trinajstić information content (AvgIpc) is 3.30. The van der Waals surface area contributed by atoms with Crippen LogP contribution in [-0.2, 0) is 6.42 Å². The second-order valence-electron chi connectivity index (χ2n) is 8.79. The third-order valence-corrected chi connectivity index (χ3v) is 7.23. The number of rotatable bonds is 15. The molecular formula is C30H40OS. The van der Waals surface area contributed by atoms with E-state index in [4.69, 9.17) is 4.74 Å². The summed E-state index contributed by atoms with van der Waals surface area (Å²) in [6, 6.07) is 22.0. The number of aryl methyl sites for hydroxylation is 1. The Balaban J connectivity index is 1.38. The number of benzene rings is 2. The lowest BCUT2D eigenvalue weighted by atomic mass is 10.0. The van der Waals surface area contributed by atoms with Gasteiger partial charge in [-0.25, -0.2) is 0 Å². The van der Waals surface area contributed by atoms with Crippen molar-refractivity contribution < 1.29 is 4.74 Å². The lowest BCUT2D eigenvalue weighted by Crippen LogP contribution is -1.97. The monoisotopic (exact) mass is 448 g/mol. The first-order chi connectivity index (χ1) is 15.8. The fraction of sp³-hybridized carbons (Fsp3) is 0.467. The quantitative estimate of drug-likeness (QED) is 0.210. The summed E-state index contributed by atoms with van der Waals surface area (Å²) in [4.78, 5) is 2.84. The zero-order chi connectivity index (χ0) is 22.4. The molecule has 0 atom stereocenters. The van der Waals surface area contributed by atoms with Crippen molar-refractivity contribution in [3.8, 4) is 27.3 Å². The fourth-order valence-corrected chi connectivity index (χ4v) is 5.20.